The lowest BCUT2D eigenvalue weighted by Gasteiger charge is -2.06. The normalized spacial score (nSPS) is 11.7. The minimum atomic E-state index is -3.86. The van der Waals surface area contributed by atoms with Crippen LogP contribution in [0.1, 0.15) is 15.9 Å². The van der Waals surface area contributed by atoms with E-state index in [0.717, 1.165) is 5.56 Å². The van der Waals surface area contributed by atoms with Gasteiger partial charge >= 0.3 is 0 Å². The monoisotopic (exact) mass is 337 g/mol. The molecule has 0 heterocycles. The molecule has 8 heteroatoms. The molecular formula is C14H12ClN3O3S. The SMILES string of the molecule is NC(=O)c1ccc(S(=O)(=O)NCl)cc1N=Cc1ccccc1. The van der Waals surface area contributed by atoms with Gasteiger partial charge in [-0.1, -0.05) is 30.3 Å². The summed E-state index contributed by atoms with van der Waals surface area (Å²) in [5.74, 6) is -0.706. The Bertz CT molecular complexity index is 820. The average Bonchev–Trinajstić information content (AvgIpc) is 2.53. The van der Waals surface area contributed by atoms with Gasteiger partial charge in [-0.25, -0.2) is 8.42 Å². The van der Waals surface area contributed by atoms with Gasteiger partial charge in [-0.05, 0) is 35.5 Å². The van der Waals surface area contributed by atoms with Crippen LogP contribution < -0.4 is 9.97 Å². The Morgan fingerprint density at radius 1 is 1.18 bits per heavy atom. The number of carbonyl (C=O) groups excluding carboxylic acids is 1. The lowest BCUT2D eigenvalue weighted by molar-refractivity contribution is 0.100. The van der Waals surface area contributed by atoms with E-state index in [4.69, 9.17) is 17.5 Å². The summed E-state index contributed by atoms with van der Waals surface area (Å²) in [5.41, 5.74) is 6.32. The smallest absolute Gasteiger partial charge is 0.253 e. The van der Waals surface area contributed by atoms with Crippen molar-refractivity contribution in [1.29, 1.82) is 0 Å². The molecule has 0 aliphatic rings. The number of halogens is 1. The van der Waals surface area contributed by atoms with Gasteiger partial charge in [-0.15, -0.1) is 4.24 Å². The van der Waals surface area contributed by atoms with Crippen LogP contribution in [0.3, 0.4) is 0 Å². The van der Waals surface area contributed by atoms with Crippen LogP contribution in [0.25, 0.3) is 0 Å². The number of hydrogen-bond acceptors (Lipinski definition) is 4. The van der Waals surface area contributed by atoms with E-state index < -0.39 is 15.9 Å². The number of hydrogen-bond donors (Lipinski definition) is 2. The quantitative estimate of drug-likeness (QED) is 0.644. The largest absolute Gasteiger partial charge is 0.366 e. The summed E-state index contributed by atoms with van der Waals surface area (Å²) in [4.78, 5) is 15.4. The van der Waals surface area contributed by atoms with Gasteiger partial charge in [0.1, 0.15) is 0 Å². The second-order valence-electron chi connectivity index (χ2n) is 4.29. The number of carbonyl (C=O) groups is 1. The van der Waals surface area contributed by atoms with Crippen LogP contribution >= 0.6 is 11.8 Å². The molecule has 0 radical (unpaired) electrons. The Labute approximate surface area is 132 Å². The number of benzene rings is 2. The average molecular weight is 338 g/mol. The minimum Gasteiger partial charge on any atom is -0.366 e. The van der Waals surface area contributed by atoms with Gasteiger partial charge in [0, 0.05) is 6.21 Å². The number of nitrogens with zero attached hydrogens (tertiary/aromatic N) is 1. The summed E-state index contributed by atoms with van der Waals surface area (Å²) < 4.78 is 25.1. The number of sulfonamides is 1. The molecule has 1 amide bonds. The first-order valence-electron chi connectivity index (χ1n) is 6.09. The van der Waals surface area contributed by atoms with Crippen LogP contribution in [0.15, 0.2) is 58.4 Å². The molecule has 0 unspecified atom stereocenters. The fraction of sp³-hybridized carbons (Fsp3) is 0. The molecule has 0 saturated carbocycles. The molecule has 2 aromatic carbocycles. The van der Waals surface area contributed by atoms with E-state index in [2.05, 4.69) is 4.99 Å². The zero-order valence-electron chi connectivity index (χ0n) is 11.2. The molecule has 0 spiro atoms. The van der Waals surface area contributed by atoms with E-state index in [1.165, 1.54) is 24.4 Å². The van der Waals surface area contributed by atoms with E-state index in [9.17, 15) is 13.2 Å². The van der Waals surface area contributed by atoms with Gasteiger partial charge in [0.2, 0.25) is 0 Å². The third-order valence-corrected chi connectivity index (χ3v) is 4.49. The van der Waals surface area contributed by atoms with Crippen molar-refractivity contribution in [2.45, 2.75) is 4.90 Å². The van der Waals surface area contributed by atoms with Crippen molar-refractivity contribution in [3.63, 3.8) is 0 Å². The molecule has 22 heavy (non-hydrogen) atoms. The fourth-order valence-electron chi connectivity index (χ4n) is 1.72. The highest BCUT2D eigenvalue weighted by molar-refractivity contribution is 7.90. The van der Waals surface area contributed by atoms with Gasteiger partial charge in [0.05, 0.1) is 16.1 Å². The minimum absolute atomic E-state index is 0.112. The van der Waals surface area contributed by atoms with Gasteiger partial charge in [-0.2, -0.15) is 0 Å². The third-order valence-electron chi connectivity index (χ3n) is 2.80. The van der Waals surface area contributed by atoms with Gasteiger partial charge in [-0.3, -0.25) is 9.79 Å². The zero-order chi connectivity index (χ0) is 16.2. The maximum absolute atomic E-state index is 11.7. The highest BCUT2D eigenvalue weighted by Crippen LogP contribution is 2.23. The van der Waals surface area contributed by atoms with Crippen molar-refractivity contribution in [3.05, 3.63) is 59.7 Å². The Hall–Kier alpha value is -2.22. The number of nitrogens with one attached hydrogen (secondary N) is 1. The van der Waals surface area contributed by atoms with E-state index in [0.29, 0.717) is 0 Å². The number of nitrogens with two attached hydrogens (primary N) is 1. The Kier molecular flexibility index (Phi) is 4.92. The maximum Gasteiger partial charge on any atom is 0.253 e. The van der Waals surface area contributed by atoms with Crippen molar-refractivity contribution in [1.82, 2.24) is 4.24 Å². The van der Waals surface area contributed by atoms with Crippen molar-refractivity contribution in [2.75, 3.05) is 0 Å². The molecule has 6 nitrogen and oxygen atoms in total. The van der Waals surface area contributed by atoms with Gasteiger partial charge in [0.15, 0.2) is 0 Å². The van der Waals surface area contributed by atoms with Crippen molar-refractivity contribution < 1.29 is 13.2 Å². The summed E-state index contributed by atoms with van der Waals surface area (Å²) in [6.45, 7) is 0. The Morgan fingerprint density at radius 3 is 2.45 bits per heavy atom. The van der Waals surface area contributed by atoms with Crippen LogP contribution in [0.5, 0.6) is 0 Å². The van der Waals surface area contributed by atoms with E-state index in [-0.39, 0.29) is 16.1 Å². The third kappa shape index (κ3) is 3.70. The number of rotatable bonds is 5. The molecule has 0 bridgehead atoms. The molecule has 114 valence electrons. The van der Waals surface area contributed by atoms with E-state index in [1.54, 1.807) is 4.24 Å². The highest BCUT2D eigenvalue weighted by atomic mass is 35.5. The van der Waals surface area contributed by atoms with E-state index in [1.807, 2.05) is 30.3 Å². The summed E-state index contributed by atoms with van der Waals surface area (Å²) in [7, 11) is -3.86. The number of primary amides is 1. The molecule has 3 N–H and O–H groups in total. The van der Waals surface area contributed by atoms with E-state index >= 15 is 0 Å². The summed E-state index contributed by atoms with van der Waals surface area (Å²) >= 11 is 5.19. The van der Waals surface area contributed by atoms with Crippen LogP contribution in [0.4, 0.5) is 5.69 Å². The van der Waals surface area contributed by atoms with Crippen LogP contribution in [0, 0.1) is 0 Å². The fourth-order valence-corrected chi connectivity index (χ4v) is 2.59. The lowest BCUT2D eigenvalue weighted by Crippen LogP contribution is -2.15. The number of amides is 1. The van der Waals surface area contributed by atoms with Crippen molar-refractivity contribution >= 4 is 39.6 Å². The highest BCUT2D eigenvalue weighted by Gasteiger charge is 2.16. The molecule has 0 aromatic heterocycles. The van der Waals surface area contributed by atoms with Crippen LogP contribution in [0.2, 0.25) is 0 Å². The van der Waals surface area contributed by atoms with Gasteiger partial charge in [0.25, 0.3) is 15.9 Å². The molecule has 0 aliphatic carbocycles. The maximum atomic E-state index is 11.7. The standard InChI is InChI=1S/C14H12ClN3O3S/c15-18-22(20,21)11-6-7-12(14(16)19)13(8-11)17-9-10-4-2-1-3-5-10/h1-9,18H,(H2,16,19). The second-order valence-corrected chi connectivity index (χ2v) is 6.39. The van der Waals surface area contributed by atoms with Crippen molar-refractivity contribution in [3.8, 4) is 0 Å². The van der Waals surface area contributed by atoms with Crippen LogP contribution in [-0.4, -0.2) is 20.5 Å². The van der Waals surface area contributed by atoms with Crippen molar-refractivity contribution in [2.24, 2.45) is 10.7 Å². The molecule has 2 aromatic rings. The lowest BCUT2D eigenvalue weighted by atomic mass is 10.1. The predicted molar refractivity (Wildman–Crippen MR) is 84.8 cm³/mol. The molecular weight excluding hydrogens is 326 g/mol. The zero-order valence-corrected chi connectivity index (χ0v) is 12.8. The first-order valence-corrected chi connectivity index (χ1v) is 7.95. The summed E-state index contributed by atoms with van der Waals surface area (Å²) in [6, 6.07) is 12.9. The number of aliphatic imine (C=N–C) groups is 1. The second kappa shape index (κ2) is 6.69. The topological polar surface area (TPSA) is 102 Å². The summed E-state index contributed by atoms with van der Waals surface area (Å²) in [6.07, 6.45) is 1.51. The molecule has 0 atom stereocenters. The molecule has 0 saturated heterocycles. The Balaban J connectivity index is 2.49. The van der Waals surface area contributed by atoms with Gasteiger partial charge < -0.3 is 5.73 Å². The van der Waals surface area contributed by atoms with Crippen LogP contribution in [-0.2, 0) is 10.0 Å². The molecule has 0 fully saturated rings. The summed E-state index contributed by atoms with van der Waals surface area (Å²) in [5, 5.41) is 0. The first-order chi connectivity index (χ1) is 10.4. The molecule has 0 aliphatic heterocycles. The molecule has 2 rings (SSSR count). The Morgan fingerprint density at radius 2 is 1.86 bits per heavy atom. The first kappa shape index (κ1) is 16.2. The predicted octanol–water partition coefficient (Wildman–Crippen LogP) is 1.97.